The topological polar surface area (TPSA) is 87.0 Å². The van der Waals surface area contributed by atoms with E-state index in [1.54, 1.807) is 50.5 Å². The number of benzene rings is 2. The quantitative estimate of drug-likeness (QED) is 0.297. The number of hydrogen-bond acceptors (Lipinski definition) is 5. The molecular formula is C26H24F4N4O2. The summed E-state index contributed by atoms with van der Waals surface area (Å²) in [5.74, 6) is -0.956. The number of nitrogens with one attached hydrogen (secondary N) is 2. The van der Waals surface area contributed by atoms with E-state index in [0.29, 0.717) is 18.5 Å². The molecule has 188 valence electrons. The molecule has 2 N–H and O–H groups in total. The minimum atomic E-state index is -4.72. The Morgan fingerprint density at radius 2 is 1.78 bits per heavy atom. The Labute approximate surface area is 205 Å². The lowest BCUT2D eigenvalue weighted by Gasteiger charge is -2.25. The summed E-state index contributed by atoms with van der Waals surface area (Å²) in [6.07, 6.45) is -1.04. The van der Waals surface area contributed by atoms with Gasteiger partial charge in [-0.3, -0.25) is 9.78 Å². The van der Waals surface area contributed by atoms with Crippen LogP contribution in [0.4, 0.5) is 23.2 Å². The summed E-state index contributed by atoms with van der Waals surface area (Å²) in [6.45, 7) is 3.67. The third-order valence-electron chi connectivity index (χ3n) is 5.36. The first-order valence-electron chi connectivity index (χ1n) is 11.0. The van der Waals surface area contributed by atoms with Crippen LogP contribution in [0.5, 0.6) is 5.75 Å². The van der Waals surface area contributed by atoms with Crippen molar-refractivity contribution in [3.8, 4) is 22.9 Å². The first-order valence-corrected chi connectivity index (χ1v) is 11.0. The molecular weight excluding hydrogens is 476 g/mol. The highest BCUT2D eigenvalue weighted by Crippen LogP contribution is 2.33. The standard InChI is InChI=1S/C26H24F4N4O2/c1-25(2,24(35)34-20-6-4-19(16-31)21(15-20)26(28,29)30)33-10-3-13-36-23-7-5-18(14-22(23)27)17-8-11-32-12-9-17/h4-9,11-12,14-15,33H,3,10,13H2,1-2H3,(H,34,35). The summed E-state index contributed by atoms with van der Waals surface area (Å²) in [5, 5.41) is 14.3. The molecule has 0 spiro atoms. The van der Waals surface area contributed by atoms with E-state index in [1.165, 1.54) is 18.2 Å². The van der Waals surface area contributed by atoms with Crippen molar-refractivity contribution in [2.75, 3.05) is 18.5 Å². The van der Waals surface area contributed by atoms with Crippen molar-refractivity contribution in [3.05, 3.63) is 77.9 Å². The number of nitriles is 1. The molecule has 36 heavy (non-hydrogen) atoms. The van der Waals surface area contributed by atoms with Crippen molar-refractivity contribution in [3.63, 3.8) is 0 Å². The molecule has 3 rings (SSSR count). The predicted molar refractivity (Wildman–Crippen MR) is 127 cm³/mol. The molecule has 6 nitrogen and oxygen atoms in total. The van der Waals surface area contributed by atoms with Crippen LogP contribution in [0.3, 0.4) is 0 Å². The van der Waals surface area contributed by atoms with E-state index in [9.17, 15) is 22.4 Å². The number of carbonyl (C=O) groups excluding carboxylic acids is 1. The van der Waals surface area contributed by atoms with Crippen molar-refractivity contribution in [1.82, 2.24) is 10.3 Å². The molecule has 2 aromatic carbocycles. The van der Waals surface area contributed by atoms with Gasteiger partial charge >= 0.3 is 6.18 Å². The minimum absolute atomic E-state index is 0.0739. The molecule has 3 aromatic rings. The smallest absolute Gasteiger partial charge is 0.417 e. The zero-order valence-corrected chi connectivity index (χ0v) is 19.6. The zero-order valence-electron chi connectivity index (χ0n) is 19.6. The number of pyridine rings is 1. The summed E-state index contributed by atoms with van der Waals surface area (Å²) in [7, 11) is 0. The fraction of sp³-hybridized carbons (Fsp3) is 0.269. The van der Waals surface area contributed by atoms with E-state index in [0.717, 1.165) is 17.7 Å². The number of halogens is 4. The van der Waals surface area contributed by atoms with Crippen LogP contribution in [0.1, 0.15) is 31.4 Å². The Kier molecular flexibility index (Phi) is 8.27. The Morgan fingerprint density at radius 3 is 2.42 bits per heavy atom. The van der Waals surface area contributed by atoms with E-state index >= 15 is 0 Å². The number of nitrogens with zero attached hydrogens (tertiary/aromatic N) is 2. The fourth-order valence-electron chi connectivity index (χ4n) is 3.32. The van der Waals surface area contributed by atoms with Gasteiger partial charge in [-0.1, -0.05) is 6.07 Å². The second kappa shape index (κ2) is 11.2. The molecule has 0 unspecified atom stereocenters. The van der Waals surface area contributed by atoms with E-state index in [4.69, 9.17) is 10.00 Å². The molecule has 1 heterocycles. The van der Waals surface area contributed by atoms with Gasteiger partial charge in [-0.05, 0) is 80.4 Å². The van der Waals surface area contributed by atoms with Crippen LogP contribution < -0.4 is 15.4 Å². The highest BCUT2D eigenvalue weighted by Gasteiger charge is 2.34. The monoisotopic (exact) mass is 500 g/mol. The van der Waals surface area contributed by atoms with Gasteiger partial charge in [0, 0.05) is 18.1 Å². The summed E-state index contributed by atoms with van der Waals surface area (Å²) in [5.41, 5.74) is -1.32. The van der Waals surface area contributed by atoms with Gasteiger partial charge in [-0.25, -0.2) is 4.39 Å². The van der Waals surface area contributed by atoms with Gasteiger partial charge in [0.25, 0.3) is 0 Å². The van der Waals surface area contributed by atoms with Gasteiger partial charge in [0.1, 0.15) is 0 Å². The molecule has 0 bridgehead atoms. The SMILES string of the molecule is CC(C)(NCCCOc1ccc(-c2ccncc2)cc1F)C(=O)Nc1ccc(C#N)c(C(F)(F)F)c1. The largest absolute Gasteiger partial charge is 0.490 e. The molecule has 0 aliphatic carbocycles. The van der Waals surface area contributed by atoms with Crippen molar-refractivity contribution < 1.29 is 27.1 Å². The van der Waals surface area contributed by atoms with Crippen LogP contribution in [-0.4, -0.2) is 29.6 Å². The van der Waals surface area contributed by atoms with Crippen LogP contribution in [-0.2, 0) is 11.0 Å². The summed E-state index contributed by atoms with van der Waals surface area (Å²) in [4.78, 5) is 16.6. The lowest BCUT2D eigenvalue weighted by atomic mass is 10.0. The van der Waals surface area contributed by atoms with Crippen LogP contribution in [0, 0.1) is 17.1 Å². The maximum Gasteiger partial charge on any atom is 0.417 e. The van der Waals surface area contributed by atoms with Gasteiger partial charge in [-0.2, -0.15) is 18.4 Å². The van der Waals surface area contributed by atoms with Crippen molar-refractivity contribution in [2.24, 2.45) is 0 Å². The second-order valence-corrected chi connectivity index (χ2v) is 8.46. The highest BCUT2D eigenvalue weighted by molar-refractivity contribution is 5.97. The Balaban J connectivity index is 1.50. The van der Waals surface area contributed by atoms with Gasteiger partial charge in [0.2, 0.25) is 5.91 Å². The average Bonchev–Trinajstić information content (AvgIpc) is 2.84. The highest BCUT2D eigenvalue weighted by atomic mass is 19.4. The molecule has 0 aliphatic rings. The van der Waals surface area contributed by atoms with E-state index in [-0.39, 0.29) is 18.0 Å². The first kappa shape index (κ1) is 26.6. The normalized spacial score (nSPS) is 11.6. The third kappa shape index (κ3) is 6.79. The number of ether oxygens (including phenoxy) is 1. The molecule has 0 fully saturated rings. The predicted octanol–water partition coefficient (Wildman–Crippen LogP) is 5.55. The number of rotatable bonds is 9. The molecule has 0 saturated heterocycles. The molecule has 0 atom stereocenters. The number of anilines is 1. The first-order chi connectivity index (χ1) is 17.0. The Hall–Kier alpha value is -3.97. The minimum Gasteiger partial charge on any atom is -0.490 e. The van der Waals surface area contributed by atoms with Crippen molar-refractivity contribution in [1.29, 1.82) is 5.26 Å². The van der Waals surface area contributed by atoms with Gasteiger partial charge in [-0.15, -0.1) is 0 Å². The molecule has 1 amide bonds. The molecule has 0 saturated carbocycles. The third-order valence-corrected chi connectivity index (χ3v) is 5.36. The van der Waals surface area contributed by atoms with E-state index < -0.39 is 34.6 Å². The summed E-state index contributed by atoms with van der Waals surface area (Å²) in [6, 6.07) is 12.7. The van der Waals surface area contributed by atoms with E-state index in [2.05, 4.69) is 15.6 Å². The molecule has 10 heteroatoms. The number of carbonyl (C=O) groups is 1. The molecule has 1 aromatic heterocycles. The number of alkyl halides is 3. The van der Waals surface area contributed by atoms with Crippen LogP contribution >= 0.6 is 0 Å². The van der Waals surface area contributed by atoms with Gasteiger partial charge in [0.15, 0.2) is 11.6 Å². The molecule has 0 radical (unpaired) electrons. The van der Waals surface area contributed by atoms with Crippen molar-refractivity contribution >= 4 is 11.6 Å². The maximum absolute atomic E-state index is 14.4. The Bertz CT molecular complexity index is 1260. The van der Waals surface area contributed by atoms with Crippen molar-refractivity contribution in [2.45, 2.75) is 32.0 Å². The average molecular weight is 500 g/mol. The maximum atomic E-state index is 14.4. The van der Waals surface area contributed by atoms with Crippen LogP contribution in [0.25, 0.3) is 11.1 Å². The zero-order chi connectivity index (χ0) is 26.3. The van der Waals surface area contributed by atoms with Gasteiger partial charge in [0.05, 0.1) is 29.3 Å². The van der Waals surface area contributed by atoms with Crippen LogP contribution in [0.15, 0.2) is 60.9 Å². The van der Waals surface area contributed by atoms with Gasteiger partial charge < -0.3 is 15.4 Å². The number of aromatic nitrogens is 1. The van der Waals surface area contributed by atoms with Crippen LogP contribution in [0.2, 0.25) is 0 Å². The Morgan fingerprint density at radius 1 is 1.06 bits per heavy atom. The summed E-state index contributed by atoms with van der Waals surface area (Å²) >= 11 is 0. The molecule has 0 aliphatic heterocycles. The second-order valence-electron chi connectivity index (χ2n) is 8.46. The lowest BCUT2D eigenvalue weighted by Crippen LogP contribution is -2.50. The number of amides is 1. The lowest BCUT2D eigenvalue weighted by molar-refractivity contribution is -0.137. The fourth-order valence-corrected chi connectivity index (χ4v) is 3.32. The summed E-state index contributed by atoms with van der Waals surface area (Å²) < 4.78 is 59.4. The number of hydrogen-bond donors (Lipinski definition) is 2. The van der Waals surface area contributed by atoms with E-state index in [1.807, 2.05) is 0 Å².